The lowest BCUT2D eigenvalue weighted by Crippen LogP contribution is -2.56. The summed E-state index contributed by atoms with van der Waals surface area (Å²) in [6, 6.07) is 12.5. The van der Waals surface area contributed by atoms with Gasteiger partial charge in [-0.15, -0.1) is 0 Å². The molecule has 28 heavy (non-hydrogen) atoms. The molecule has 0 aliphatic carbocycles. The van der Waals surface area contributed by atoms with Crippen LogP contribution in [0, 0.1) is 5.95 Å². The van der Waals surface area contributed by atoms with Crippen LogP contribution in [0.5, 0.6) is 0 Å². The van der Waals surface area contributed by atoms with Crippen molar-refractivity contribution in [3.63, 3.8) is 0 Å². The summed E-state index contributed by atoms with van der Waals surface area (Å²) in [6.45, 7) is 5.76. The second kappa shape index (κ2) is 8.76. The molecular formula is C22H27ClFN3O. The normalized spacial score (nSPS) is 24.5. The smallest absolute Gasteiger partial charge is 0.214 e. The van der Waals surface area contributed by atoms with Crippen LogP contribution in [0.3, 0.4) is 0 Å². The van der Waals surface area contributed by atoms with Gasteiger partial charge in [-0.1, -0.05) is 23.7 Å². The molecule has 3 heterocycles. The van der Waals surface area contributed by atoms with Crippen molar-refractivity contribution in [3.05, 3.63) is 59.1 Å². The van der Waals surface area contributed by atoms with Gasteiger partial charge >= 0.3 is 0 Å². The van der Waals surface area contributed by atoms with Gasteiger partial charge in [0.25, 0.3) is 0 Å². The van der Waals surface area contributed by atoms with Gasteiger partial charge in [0.2, 0.25) is 5.95 Å². The van der Waals surface area contributed by atoms with Crippen molar-refractivity contribution < 1.29 is 9.13 Å². The highest BCUT2D eigenvalue weighted by Crippen LogP contribution is 2.27. The number of halogens is 2. The molecule has 0 amide bonds. The number of pyridine rings is 1. The number of aromatic nitrogens is 1. The highest BCUT2D eigenvalue weighted by Gasteiger charge is 2.34. The molecule has 0 unspecified atom stereocenters. The summed E-state index contributed by atoms with van der Waals surface area (Å²) in [5.41, 5.74) is 2.22. The molecule has 0 spiro atoms. The Hall–Kier alpha value is -1.69. The SMILES string of the molecule is C[C@H]1CN(C2CCN(c3ccnc(F)c3)CC2)[C@@H](Cc2ccc(Cl)cc2)CO1. The average Bonchev–Trinajstić information content (AvgIpc) is 2.71. The fourth-order valence-electron chi connectivity index (χ4n) is 4.43. The highest BCUT2D eigenvalue weighted by molar-refractivity contribution is 6.30. The Morgan fingerprint density at radius 3 is 2.64 bits per heavy atom. The largest absolute Gasteiger partial charge is 0.376 e. The fraction of sp³-hybridized carbons (Fsp3) is 0.500. The molecule has 2 atom stereocenters. The molecule has 0 radical (unpaired) electrons. The van der Waals surface area contributed by atoms with Crippen LogP contribution in [0.25, 0.3) is 0 Å². The second-order valence-electron chi connectivity index (χ2n) is 7.88. The van der Waals surface area contributed by atoms with Gasteiger partial charge in [0.05, 0.1) is 12.7 Å². The first-order valence-electron chi connectivity index (χ1n) is 10.1. The van der Waals surface area contributed by atoms with Crippen molar-refractivity contribution in [3.8, 4) is 0 Å². The lowest BCUT2D eigenvalue weighted by Gasteiger charge is -2.46. The summed E-state index contributed by atoms with van der Waals surface area (Å²) < 4.78 is 19.4. The summed E-state index contributed by atoms with van der Waals surface area (Å²) in [5.74, 6) is -0.412. The van der Waals surface area contributed by atoms with E-state index >= 15 is 0 Å². The van der Waals surface area contributed by atoms with E-state index in [-0.39, 0.29) is 6.10 Å². The fourth-order valence-corrected chi connectivity index (χ4v) is 4.56. The van der Waals surface area contributed by atoms with Crippen molar-refractivity contribution >= 4 is 17.3 Å². The Bertz CT molecular complexity index is 780. The average molecular weight is 404 g/mol. The molecule has 1 aromatic carbocycles. The van der Waals surface area contributed by atoms with E-state index in [4.69, 9.17) is 16.3 Å². The maximum absolute atomic E-state index is 13.4. The Labute approximate surface area is 171 Å². The maximum Gasteiger partial charge on any atom is 0.214 e. The predicted molar refractivity (Wildman–Crippen MR) is 110 cm³/mol. The molecule has 2 fully saturated rings. The van der Waals surface area contributed by atoms with Crippen LogP contribution in [0.1, 0.15) is 25.3 Å². The van der Waals surface area contributed by atoms with Crippen LogP contribution in [0.4, 0.5) is 10.1 Å². The molecule has 2 aromatic rings. The third-order valence-corrected chi connectivity index (χ3v) is 6.16. The minimum atomic E-state index is -0.412. The number of nitrogens with zero attached hydrogens (tertiary/aromatic N) is 3. The first-order valence-corrected chi connectivity index (χ1v) is 10.4. The predicted octanol–water partition coefficient (Wildman–Crippen LogP) is 4.17. The van der Waals surface area contributed by atoms with E-state index in [2.05, 4.69) is 33.8 Å². The van der Waals surface area contributed by atoms with Crippen molar-refractivity contribution in [2.75, 3.05) is 31.1 Å². The maximum atomic E-state index is 13.4. The molecular weight excluding hydrogens is 377 g/mol. The van der Waals surface area contributed by atoms with Crippen LogP contribution in [-0.2, 0) is 11.2 Å². The molecule has 6 heteroatoms. The van der Waals surface area contributed by atoms with Gasteiger partial charge in [0, 0.05) is 54.7 Å². The van der Waals surface area contributed by atoms with E-state index in [9.17, 15) is 4.39 Å². The second-order valence-corrected chi connectivity index (χ2v) is 8.32. The number of anilines is 1. The number of ether oxygens (including phenoxy) is 1. The van der Waals surface area contributed by atoms with Crippen LogP contribution in [0.2, 0.25) is 5.02 Å². The lowest BCUT2D eigenvalue weighted by atomic mass is 9.96. The molecule has 2 aliphatic heterocycles. The van der Waals surface area contributed by atoms with Gasteiger partial charge in [-0.2, -0.15) is 4.39 Å². The molecule has 4 rings (SSSR count). The van der Waals surface area contributed by atoms with Crippen LogP contribution >= 0.6 is 11.6 Å². The molecule has 0 N–H and O–H groups in total. The van der Waals surface area contributed by atoms with E-state index < -0.39 is 5.95 Å². The van der Waals surface area contributed by atoms with Gasteiger partial charge in [-0.05, 0) is 49.9 Å². The first-order chi connectivity index (χ1) is 13.6. The van der Waals surface area contributed by atoms with Crippen LogP contribution in [0.15, 0.2) is 42.6 Å². The Morgan fingerprint density at radius 2 is 1.93 bits per heavy atom. The number of hydrogen-bond acceptors (Lipinski definition) is 4. The Morgan fingerprint density at radius 1 is 1.18 bits per heavy atom. The monoisotopic (exact) mass is 403 g/mol. The van der Waals surface area contributed by atoms with E-state index in [1.54, 1.807) is 6.20 Å². The van der Waals surface area contributed by atoms with Crippen molar-refractivity contribution in [2.45, 2.75) is 44.4 Å². The molecule has 2 saturated heterocycles. The zero-order chi connectivity index (χ0) is 19.5. The summed E-state index contributed by atoms with van der Waals surface area (Å²) in [6.07, 6.45) is 4.93. The quantitative estimate of drug-likeness (QED) is 0.716. The van der Waals surface area contributed by atoms with Gasteiger partial charge in [0.15, 0.2) is 0 Å². The third-order valence-electron chi connectivity index (χ3n) is 5.90. The van der Waals surface area contributed by atoms with Crippen molar-refractivity contribution in [1.82, 2.24) is 9.88 Å². The molecule has 1 aromatic heterocycles. The zero-order valence-corrected chi connectivity index (χ0v) is 17.0. The van der Waals surface area contributed by atoms with Crippen molar-refractivity contribution in [2.24, 2.45) is 0 Å². The van der Waals surface area contributed by atoms with Gasteiger partial charge < -0.3 is 9.64 Å². The van der Waals surface area contributed by atoms with Crippen LogP contribution < -0.4 is 4.90 Å². The molecule has 0 saturated carbocycles. The standard InChI is InChI=1S/C22H27ClFN3O/c1-16-14-27(21(15-28-16)12-17-2-4-18(23)5-3-17)19-7-10-26(11-8-19)20-6-9-25-22(24)13-20/h2-6,9,13,16,19,21H,7-8,10-12,14-15H2,1H3/t16-,21-/m0/s1. The first kappa shape index (κ1) is 19.6. The number of benzene rings is 1. The minimum Gasteiger partial charge on any atom is -0.376 e. The number of rotatable bonds is 4. The third kappa shape index (κ3) is 4.65. The molecule has 4 nitrogen and oxygen atoms in total. The van der Waals surface area contributed by atoms with E-state index in [0.29, 0.717) is 12.1 Å². The molecule has 150 valence electrons. The summed E-state index contributed by atoms with van der Waals surface area (Å²) in [5, 5.41) is 0.772. The highest BCUT2D eigenvalue weighted by atomic mass is 35.5. The van der Waals surface area contributed by atoms with Gasteiger partial charge in [0.1, 0.15) is 0 Å². The van der Waals surface area contributed by atoms with E-state index in [0.717, 1.165) is 56.2 Å². The van der Waals surface area contributed by atoms with Gasteiger partial charge in [-0.3, -0.25) is 4.90 Å². The lowest BCUT2D eigenvalue weighted by molar-refractivity contribution is -0.0744. The summed E-state index contributed by atoms with van der Waals surface area (Å²) in [7, 11) is 0. The summed E-state index contributed by atoms with van der Waals surface area (Å²) >= 11 is 6.03. The number of piperidine rings is 1. The van der Waals surface area contributed by atoms with E-state index in [1.807, 2.05) is 18.2 Å². The van der Waals surface area contributed by atoms with Crippen molar-refractivity contribution in [1.29, 1.82) is 0 Å². The Kier molecular flexibility index (Phi) is 6.14. The zero-order valence-electron chi connectivity index (χ0n) is 16.2. The number of hydrogen-bond donors (Lipinski definition) is 0. The van der Waals surface area contributed by atoms with Crippen LogP contribution in [-0.4, -0.2) is 54.3 Å². The summed E-state index contributed by atoms with van der Waals surface area (Å²) in [4.78, 5) is 8.57. The Balaban J connectivity index is 1.41. The molecule has 2 aliphatic rings. The minimum absolute atomic E-state index is 0.258. The molecule has 0 bridgehead atoms. The van der Waals surface area contributed by atoms with E-state index in [1.165, 1.54) is 11.6 Å². The van der Waals surface area contributed by atoms with Gasteiger partial charge in [-0.25, -0.2) is 4.98 Å². The topological polar surface area (TPSA) is 28.6 Å². The number of morpholine rings is 1.